The molecule has 1 N–H and O–H groups in total. The number of amidine groups is 1. The van der Waals surface area contributed by atoms with E-state index in [9.17, 15) is 4.79 Å². The van der Waals surface area contributed by atoms with E-state index in [0.29, 0.717) is 17.5 Å². The molecule has 0 saturated heterocycles. The molecule has 0 spiro atoms. The topological polar surface area (TPSA) is 66.3 Å². The standard InChI is InChI=1S/C24H28N4O2S/c1-3-5-15-30-20-14-10-8-12-18(20)22-25-19-13-9-7-11-17(19)21-23(29)26-24(27-28(21)22)31-16-6-4-2/h7-14,22H,3-6,15-16H2,1-2H3,(H,26,27,29)/t22-/m1/s1. The Morgan fingerprint density at radius 2 is 1.84 bits per heavy atom. The first-order valence-corrected chi connectivity index (χ1v) is 11.9. The highest BCUT2D eigenvalue weighted by atomic mass is 32.2. The number of thioether (sulfide) groups is 1. The number of hydrogen-bond donors (Lipinski definition) is 1. The van der Waals surface area contributed by atoms with E-state index in [0.717, 1.165) is 53.3 Å². The molecule has 0 aromatic heterocycles. The Bertz CT molecular complexity index is 1100. The molecular weight excluding hydrogens is 408 g/mol. The van der Waals surface area contributed by atoms with Crippen LogP contribution in [0.2, 0.25) is 0 Å². The first-order valence-electron chi connectivity index (χ1n) is 10.9. The van der Waals surface area contributed by atoms with E-state index >= 15 is 0 Å². The van der Waals surface area contributed by atoms with E-state index in [1.807, 2.05) is 48.5 Å². The van der Waals surface area contributed by atoms with E-state index in [1.54, 1.807) is 16.8 Å². The summed E-state index contributed by atoms with van der Waals surface area (Å²) < 4.78 is 6.08. The van der Waals surface area contributed by atoms with Crippen LogP contribution in [0.15, 0.2) is 58.6 Å². The van der Waals surface area contributed by atoms with Crippen LogP contribution in [0.3, 0.4) is 0 Å². The number of hydrazone groups is 1. The van der Waals surface area contributed by atoms with Crippen molar-refractivity contribution in [2.75, 3.05) is 12.4 Å². The summed E-state index contributed by atoms with van der Waals surface area (Å²) in [5, 5.41) is 11.7. The number of carbonyl (C=O) groups is 1. The number of para-hydroxylation sites is 2. The molecule has 31 heavy (non-hydrogen) atoms. The molecule has 1 amide bonds. The number of rotatable bonds is 8. The zero-order valence-electron chi connectivity index (χ0n) is 18.0. The van der Waals surface area contributed by atoms with Crippen LogP contribution in [0.5, 0.6) is 5.75 Å². The number of nitrogens with zero attached hydrogens (tertiary/aromatic N) is 3. The van der Waals surface area contributed by atoms with Gasteiger partial charge in [-0.3, -0.25) is 15.1 Å². The van der Waals surface area contributed by atoms with E-state index in [4.69, 9.17) is 14.8 Å². The van der Waals surface area contributed by atoms with Crippen molar-refractivity contribution in [2.24, 2.45) is 10.1 Å². The van der Waals surface area contributed by atoms with Crippen molar-refractivity contribution < 1.29 is 9.53 Å². The summed E-state index contributed by atoms with van der Waals surface area (Å²) in [6, 6.07) is 15.6. The Morgan fingerprint density at radius 3 is 2.68 bits per heavy atom. The van der Waals surface area contributed by atoms with E-state index < -0.39 is 6.17 Å². The van der Waals surface area contributed by atoms with Crippen molar-refractivity contribution in [1.82, 2.24) is 10.3 Å². The van der Waals surface area contributed by atoms with Crippen LogP contribution in [0.4, 0.5) is 0 Å². The van der Waals surface area contributed by atoms with E-state index in [-0.39, 0.29) is 5.91 Å². The zero-order chi connectivity index (χ0) is 21.6. The second-order valence-electron chi connectivity index (χ2n) is 7.51. The Labute approximate surface area is 187 Å². The fourth-order valence-corrected chi connectivity index (χ4v) is 4.50. The van der Waals surface area contributed by atoms with Gasteiger partial charge in [0.1, 0.15) is 11.4 Å². The number of carbonyl (C=O) groups excluding carboxylic acids is 1. The van der Waals surface area contributed by atoms with Crippen molar-refractivity contribution in [2.45, 2.75) is 45.7 Å². The Hall–Kier alpha value is -2.80. The van der Waals surface area contributed by atoms with Crippen LogP contribution < -0.4 is 20.6 Å². The van der Waals surface area contributed by atoms with Crippen LogP contribution >= 0.6 is 11.8 Å². The van der Waals surface area contributed by atoms with E-state index in [2.05, 4.69) is 19.2 Å². The van der Waals surface area contributed by atoms with Gasteiger partial charge in [-0.1, -0.05) is 74.8 Å². The van der Waals surface area contributed by atoms with Crippen LogP contribution in [0, 0.1) is 0 Å². The second kappa shape index (κ2) is 10.0. The van der Waals surface area contributed by atoms with E-state index in [1.165, 1.54) is 0 Å². The zero-order valence-corrected chi connectivity index (χ0v) is 18.8. The third kappa shape index (κ3) is 4.61. The molecule has 162 valence electrons. The quantitative estimate of drug-likeness (QED) is 0.643. The summed E-state index contributed by atoms with van der Waals surface area (Å²) in [4.78, 5) is 18.1. The first-order chi connectivity index (χ1) is 15.2. The predicted molar refractivity (Wildman–Crippen MR) is 125 cm³/mol. The highest BCUT2D eigenvalue weighted by Crippen LogP contribution is 2.35. The van der Waals surface area contributed by atoms with Crippen molar-refractivity contribution >= 4 is 28.5 Å². The number of hydrogen-bond acceptors (Lipinski definition) is 6. The number of benzene rings is 2. The first kappa shape index (κ1) is 21.4. The van der Waals surface area contributed by atoms with Crippen molar-refractivity contribution in [3.8, 4) is 5.75 Å². The molecule has 0 unspecified atom stereocenters. The highest BCUT2D eigenvalue weighted by molar-refractivity contribution is 8.13. The Balaban J connectivity index is 1.79. The van der Waals surface area contributed by atoms with Gasteiger partial charge in [0.2, 0.25) is 0 Å². The lowest BCUT2D eigenvalue weighted by Gasteiger charge is -2.34. The lowest BCUT2D eigenvalue weighted by Crippen LogP contribution is -2.50. The molecule has 0 saturated carbocycles. The third-order valence-electron chi connectivity index (χ3n) is 5.20. The molecule has 2 aliphatic rings. The largest absolute Gasteiger partial charge is 0.493 e. The molecule has 2 heterocycles. The van der Waals surface area contributed by atoms with Gasteiger partial charge in [-0.05, 0) is 25.0 Å². The minimum absolute atomic E-state index is 0.147. The van der Waals surface area contributed by atoms with Crippen molar-refractivity contribution in [3.05, 3.63) is 64.7 Å². The smallest absolute Gasteiger partial charge is 0.276 e. The van der Waals surface area contributed by atoms with Crippen LogP contribution in [0.25, 0.3) is 5.70 Å². The van der Waals surface area contributed by atoms with Gasteiger partial charge in [0.05, 0.1) is 12.0 Å². The minimum atomic E-state index is -0.462. The Morgan fingerprint density at radius 1 is 1.06 bits per heavy atom. The molecule has 1 atom stereocenters. The summed E-state index contributed by atoms with van der Waals surface area (Å²) in [6.45, 7) is 4.94. The summed E-state index contributed by atoms with van der Waals surface area (Å²) in [5.41, 5.74) is 1.43. The monoisotopic (exact) mass is 436 g/mol. The number of amides is 1. The predicted octanol–water partition coefficient (Wildman–Crippen LogP) is 3.54. The number of nitrogens with one attached hydrogen (secondary N) is 1. The van der Waals surface area contributed by atoms with Crippen molar-refractivity contribution in [1.29, 1.82) is 0 Å². The van der Waals surface area contributed by atoms with Gasteiger partial charge in [-0.25, -0.2) is 5.01 Å². The summed E-state index contributed by atoms with van der Waals surface area (Å²) in [5.74, 6) is 1.55. The number of fused-ring (bicyclic) bond motifs is 2. The molecule has 2 aromatic rings. The average molecular weight is 437 g/mol. The van der Waals surface area contributed by atoms with Gasteiger partial charge in [0.25, 0.3) is 5.91 Å². The lowest BCUT2D eigenvalue weighted by molar-refractivity contribution is -0.116. The molecule has 0 radical (unpaired) electrons. The summed E-state index contributed by atoms with van der Waals surface area (Å²) in [6.07, 6.45) is 3.76. The number of ether oxygens (including phenoxy) is 1. The molecule has 0 bridgehead atoms. The molecule has 7 heteroatoms. The molecular formula is C24H28N4O2S. The molecule has 4 rings (SSSR count). The summed E-state index contributed by atoms with van der Waals surface area (Å²) in [7, 11) is 0. The molecule has 2 aliphatic heterocycles. The number of unbranched alkanes of at least 4 members (excludes halogenated alkanes) is 2. The molecule has 0 fully saturated rings. The fourth-order valence-electron chi connectivity index (χ4n) is 3.56. The minimum Gasteiger partial charge on any atom is -0.493 e. The van der Waals surface area contributed by atoms with Gasteiger partial charge >= 0.3 is 0 Å². The third-order valence-corrected chi connectivity index (χ3v) is 6.15. The fraction of sp³-hybridized carbons (Fsp3) is 0.375. The van der Waals surface area contributed by atoms with Crippen LogP contribution in [-0.2, 0) is 4.79 Å². The van der Waals surface area contributed by atoms with Gasteiger partial charge in [0.15, 0.2) is 11.3 Å². The van der Waals surface area contributed by atoms with Gasteiger partial charge in [-0.2, -0.15) is 0 Å². The van der Waals surface area contributed by atoms with Crippen LogP contribution in [0.1, 0.15) is 51.3 Å². The maximum atomic E-state index is 13.2. The molecule has 6 nitrogen and oxygen atoms in total. The van der Waals surface area contributed by atoms with Crippen LogP contribution in [-0.4, -0.2) is 28.4 Å². The van der Waals surface area contributed by atoms with Gasteiger partial charge < -0.3 is 4.74 Å². The van der Waals surface area contributed by atoms with Gasteiger partial charge in [0, 0.05) is 16.5 Å². The maximum absolute atomic E-state index is 13.2. The highest BCUT2D eigenvalue weighted by Gasteiger charge is 2.35. The molecule has 2 aromatic carbocycles. The normalized spacial score (nSPS) is 17.3. The summed E-state index contributed by atoms with van der Waals surface area (Å²) >= 11 is 1.57. The van der Waals surface area contributed by atoms with Crippen molar-refractivity contribution in [3.63, 3.8) is 0 Å². The lowest BCUT2D eigenvalue weighted by atomic mass is 10.1. The molecule has 0 aliphatic carbocycles. The SMILES string of the molecule is CCCCOc1ccccc1[C@@H]1N=c2ccccc2=C2C(=O)NC(SCCCC)=NN21. The maximum Gasteiger partial charge on any atom is 0.276 e. The average Bonchev–Trinajstić information content (AvgIpc) is 2.79. The van der Waals surface area contributed by atoms with Gasteiger partial charge in [-0.15, -0.1) is 5.10 Å². The Kier molecular flexibility index (Phi) is 6.92. The second-order valence-corrected chi connectivity index (χ2v) is 8.60.